The van der Waals surface area contributed by atoms with Gasteiger partial charge < -0.3 is 15.4 Å². The fourth-order valence-corrected chi connectivity index (χ4v) is 4.23. The van der Waals surface area contributed by atoms with E-state index in [2.05, 4.69) is 15.4 Å². The van der Waals surface area contributed by atoms with Crippen LogP contribution in [0.5, 0.6) is 0 Å². The van der Waals surface area contributed by atoms with Gasteiger partial charge in [-0.1, -0.05) is 30.3 Å². The SMILES string of the molecule is CC(NC(=O)c1ccc(S(=O)(=O)NCC2CCCO2)cc1)C(=O)NCc1ccccc1. The molecule has 2 amide bonds. The van der Waals surface area contributed by atoms with E-state index in [-0.39, 0.29) is 29.0 Å². The van der Waals surface area contributed by atoms with Gasteiger partial charge in [0.2, 0.25) is 15.9 Å². The van der Waals surface area contributed by atoms with Gasteiger partial charge in [0.1, 0.15) is 6.04 Å². The molecule has 0 bridgehead atoms. The number of rotatable bonds is 9. The van der Waals surface area contributed by atoms with E-state index >= 15 is 0 Å². The molecule has 166 valence electrons. The Bertz CT molecular complexity index is 988. The van der Waals surface area contributed by atoms with Crippen LogP contribution in [0.1, 0.15) is 35.7 Å². The van der Waals surface area contributed by atoms with E-state index in [0.717, 1.165) is 18.4 Å². The van der Waals surface area contributed by atoms with Crippen LogP contribution in [0.3, 0.4) is 0 Å². The fourth-order valence-electron chi connectivity index (χ4n) is 3.16. The Hall–Kier alpha value is -2.75. The first kappa shape index (κ1) is 22.9. The lowest BCUT2D eigenvalue weighted by molar-refractivity contribution is -0.122. The number of carbonyl (C=O) groups excluding carboxylic acids is 2. The summed E-state index contributed by atoms with van der Waals surface area (Å²) in [4.78, 5) is 24.7. The lowest BCUT2D eigenvalue weighted by Gasteiger charge is -2.15. The average Bonchev–Trinajstić information content (AvgIpc) is 3.30. The van der Waals surface area contributed by atoms with E-state index in [1.54, 1.807) is 6.92 Å². The van der Waals surface area contributed by atoms with Gasteiger partial charge in [0.15, 0.2) is 0 Å². The molecule has 1 aliphatic rings. The van der Waals surface area contributed by atoms with Crippen LogP contribution >= 0.6 is 0 Å². The monoisotopic (exact) mass is 445 g/mol. The summed E-state index contributed by atoms with van der Waals surface area (Å²) in [5.74, 6) is -0.770. The number of hydrogen-bond acceptors (Lipinski definition) is 5. The van der Waals surface area contributed by atoms with Gasteiger partial charge in [-0.2, -0.15) is 0 Å². The van der Waals surface area contributed by atoms with Crippen molar-refractivity contribution < 1.29 is 22.7 Å². The molecule has 0 aromatic heterocycles. The second-order valence-corrected chi connectivity index (χ2v) is 9.18. The van der Waals surface area contributed by atoms with Gasteiger partial charge in [0, 0.05) is 25.3 Å². The van der Waals surface area contributed by atoms with Gasteiger partial charge >= 0.3 is 0 Å². The van der Waals surface area contributed by atoms with Gasteiger partial charge in [-0.15, -0.1) is 0 Å². The smallest absolute Gasteiger partial charge is 0.251 e. The summed E-state index contributed by atoms with van der Waals surface area (Å²) in [5.41, 5.74) is 1.22. The van der Waals surface area contributed by atoms with Crippen molar-refractivity contribution in [2.75, 3.05) is 13.2 Å². The van der Waals surface area contributed by atoms with E-state index in [1.165, 1.54) is 24.3 Å². The van der Waals surface area contributed by atoms with Crippen LogP contribution in [0, 0.1) is 0 Å². The summed E-state index contributed by atoms with van der Waals surface area (Å²) in [5, 5.41) is 5.39. The Kier molecular flexibility index (Phi) is 7.78. The molecule has 0 spiro atoms. The minimum absolute atomic E-state index is 0.0655. The zero-order valence-corrected chi connectivity index (χ0v) is 18.2. The zero-order valence-electron chi connectivity index (χ0n) is 17.3. The predicted octanol–water partition coefficient (Wildman–Crippen LogP) is 1.58. The molecule has 1 saturated heterocycles. The summed E-state index contributed by atoms with van der Waals surface area (Å²) in [6, 6.07) is 14.3. The number of ether oxygens (including phenoxy) is 1. The van der Waals surface area contributed by atoms with Crippen molar-refractivity contribution in [3.8, 4) is 0 Å². The molecule has 0 radical (unpaired) electrons. The van der Waals surface area contributed by atoms with E-state index in [4.69, 9.17) is 4.74 Å². The van der Waals surface area contributed by atoms with Crippen LogP contribution in [-0.4, -0.2) is 45.5 Å². The van der Waals surface area contributed by atoms with Crippen molar-refractivity contribution >= 4 is 21.8 Å². The molecule has 31 heavy (non-hydrogen) atoms. The van der Waals surface area contributed by atoms with Crippen molar-refractivity contribution in [1.82, 2.24) is 15.4 Å². The zero-order chi connectivity index (χ0) is 22.3. The molecule has 1 fully saturated rings. The summed E-state index contributed by atoms with van der Waals surface area (Å²) in [7, 11) is -3.69. The normalized spacial score (nSPS) is 17.1. The van der Waals surface area contributed by atoms with E-state index in [0.29, 0.717) is 13.2 Å². The molecule has 0 aliphatic carbocycles. The second-order valence-electron chi connectivity index (χ2n) is 7.41. The van der Waals surface area contributed by atoms with Crippen molar-refractivity contribution in [2.45, 2.75) is 43.4 Å². The van der Waals surface area contributed by atoms with E-state index < -0.39 is 22.0 Å². The molecule has 8 nitrogen and oxygen atoms in total. The summed E-state index contributed by atoms with van der Waals surface area (Å²) in [6.07, 6.45) is 1.66. The first-order chi connectivity index (χ1) is 14.8. The first-order valence-corrected chi connectivity index (χ1v) is 11.7. The number of nitrogens with one attached hydrogen (secondary N) is 3. The van der Waals surface area contributed by atoms with Crippen LogP contribution < -0.4 is 15.4 Å². The summed E-state index contributed by atoms with van der Waals surface area (Å²) < 4.78 is 32.8. The highest BCUT2D eigenvalue weighted by atomic mass is 32.2. The first-order valence-electron chi connectivity index (χ1n) is 10.2. The van der Waals surface area contributed by atoms with Gasteiger partial charge in [-0.3, -0.25) is 9.59 Å². The highest BCUT2D eigenvalue weighted by Crippen LogP contribution is 2.14. The Morgan fingerprint density at radius 2 is 1.81 bits per heavy atom. The Morgan fingerprint density at radius 1 is 1.10 bits per heavy atom. The fraction of sp³-hybridized carbons (Fsp3) is 0.364. The molecule has 1 heterocycles. The highest BCUT2D eigenvalue weighted by molar-refractivity contribution is 7.89. The van der Waals surface area contributed by atoms with Crippen molar-refractivity contribution in [3.63, 3.8) is 0 Å². The Balaban J connectivity index is 1.51. The van der Waals surface area contributed by atoms with Crippen molar-refractivity contribution in [1.29, 1.82) is 0 Å². The van der Waals surface area contributed by atoms with Gasteiger partial charge in [-0.25, -0.2) is 13.1 Å². The standard InChI is InChI=1S/C22H27N3O5S/c1-16(21(26)23-14-17-6-3-2-4-7-17)25-22(27)18-9-11-20(12-10-18)31(28,29)24-15-19-8-5-13-30-19/h2-4,6-7,9-12,16,19,24H,5,8,13-15H2,1H3,(H,23,26)(H,25,27). The second kappa shape index (κ2) is 10.5. The third-order valence-corrected chi connectivity index (χ3v) is 6.44. The minimum atomic E-state index is -3.69. The Labute approximate surface area is 182 Å². The maximum absolute atomic E-state index is 12.4. The molecule has 3 rings (SSSR count). The molecule has 0 saturated carbocycles. The molecule has 2 aromatic rings. The molecule has 2 aromatic carbocycles. The molecule has 2 atom stereocenters. The topological polar surface area (TPSA) is 114 Å². The van der Waals surface area contributed by atoms with E-state index in [1.807, 2.05) is 30.3 Å². The number of carbonyl (C=O) groups is 2. The minimum Gasteiger partial charge on any atom is -0.377 e. The number of sulfonamides is 1. The third-order valence-electron chi connectivity index (χ3n) is 5.00. The predicted molar refractivity (Wildman–Crippen MR) is 116 cm³/mol. The summed E-state index contributed by atoms with van der Waals surface area (Å²) >= 11 is 0. The van der Waals surface area contributed by atoms with Crippen LogP contribution in [0.25, 0.3) is 0 Å². The molecule has 1 aliphatic heterocycles. The number of benzene rings is 2. The Morgan fingerprint density at radius 3 is 2.45 bits per heavy atom. The van der Waals surface area contributed by atoms with Gasteiger partial charge in [0.05, 0.1) is 11.0 Å². The highest BCUT2D eigenvalue weighted by Gasteiger charge is 2.21. The molecular formula is C22H27N3O5S. The number of hydrogen-bond donors (Lipinski definition) is 3. The molecular weight excluding hydrogens is 418 g/mol. The molecule has 3 N–H and O–H groups in total. The lowest BCUT2D eigenvalue weighted by atomic mass is 10.2. The quantitative estimate of drug-likeness (QED) is 0.542. The van der Waals surface area contributed by atoms with Crippen molar-refractivity contribution in [3.05, 3.63) is 65.7 Å². The molecule has 2 unspecified atom stereocenters. The van der Waals surface area contributed by atoms with Crippen LogP contribution in [0.4, 0.5) is 0 Å². The van der Waals surface area contributed by atoms with Crippen molar-refractivity contribution in [2.24, 2.45) is 0 Å². The average molecular weight is 446 g/mol. The maximum Gasteiger partial charge on any atom is 0.251 e. The van der Waals surface area contributed by atoms with E-state index in [9.17, 15) is 18.0 Å². The summed E-state index contributed by atoms with van der Waals surface area (Å²) in [6.45, 7) is 2.83. The van der Waals surface area contributed by atoms with Gasteiger partial charge in [-0.05, 0) is 49.6 Å². The largest absolute Gasteiger partial charge is 0.377 e. The number of amides is 2. The third kappa shape index (κ3) is 6.61. The lowest BCUT2D eigenvalue weighted by Crippen LogP contribution is -2.44. The van der Waals surface area contributed by atoms with Crippen LogP contribution in [0.15, 0.2) is 59.5 Å². The van der Waals surface area contributed by atoms with Crippen LogP contribution in [-0.2, 0) is 26.1 Å². The molecule has 9 heteroatoms. The van der Waals surface area contributed by atoms with Crippen LogP contribution in [0.2, 0.25) is 0 Å². The maximum atomic E-state index is 12.4. The van der Waals surface area contributed by atoms with Gasteiger partial charge in [0.25, 0.3) is 5.91 Å².